The summed E-state index contributed by atoms with van der Waals surface area (Å²) in [4.78, 5) is 34.9. The molecular weight excluding hydrogens is 252 g/mol. The van der Waals surface area contributed by atoms with Crippen LogP contribution in [0.1, 0.15) is 32.6 Å². The van der Waals surface area contributed by atoms with E-state index in [2.05, 4.69) is 5.32 Å². The minimum Gasteiger partial charge on any atom is -0.481 e. The van der Waals surface area contributed by atoms with E-state index in [-0.39, 0.29) is 12.8 Å². The summed E-state index contributed by atoms with van der Waals surface area (Å²) in [5.74, 6) is -1.77. The Hall–Kier alpha value is -1.79. The molecule has 1 rings (SSSR count). The van der Waals surface area contributed by atoms with Crippen molar-refractivity contribution in [2.24, 2.45) is 5.92 Å². The fraction of sp³-hybridized carbons (Fsp3) is 0.750. The lowest BCUT2D eigenvalue weighted by atomic mass is 10.1. The summed E-state index contributed by atoms with van der Waals surface area (Å²) in [5, 5.41) is 19.9. The molecule has 2 amide bonds. The Morgan fingerprint density at radius 3 is 2.37 bits per heavy atom. The number of carboxylic acids is 2. The quantitative estimate of drug-likeness (QED) is 0.604. The smallest absolute Gasteiger partial charge is 0.326 e. The van der Waals surface area contributed by atoms with Gasteiger partial charge in [0.1, 0.15) is 6.04 Å². The van der Waals surface area contributed by atoms with E-state index >= 15 is 0 Å². The number of aliphatic carboxylic acids is 2. The van der Waals surface area contributed by atoms with E-state index in [1.54, 1.807) is 4.90 Å². The average Bonchev–Trinajstić information content (AvgIpc) is 3.14. The molecule has 1 aliphatic carbocycles. The Morgan fingerprint density at radius 2 is 1.95 bits per heavy atom. The van der Waals surface area contributed by atoms with Crippen molar-refractivity contribution in [3.05, 3.63) is 0 Å². The van der Waals surface area contributed by atoms with Gasteiger partial charge in [-0.05, 0) is 32.1 Å². The highest BCUT2D eigenvalue weighted by Gasteiger charge is 2.28. The molecule has 19 heavy (non-hydrogen) atoms. The maximum Gasteiger partial charge on any atom is 0.326 e. The Balaban J connectivity index is 2.48. The van der Waals surface area contributed by atoms with Crippen molar-refractivity contribution in [3.8, 4) is 0 Å². The zero-order valence-corrected chi connectivity index (χ0v) is 11.0. The van der Waals surface area contributed by atoms with Crippen LogP contribution in [0.3, 0.4) is 0 Å². The van der Waals surface area contributed by atoms with Crippen LogP contribution in [-0.2, 0) is 9.59 Å². The van der Waals surface area contributed by atoms with Gasteiger partial charge in [-0.1, -0.05) is 0 Å². The minimum atomic E-state index is -1.21. The topological polar surface area (TPSA) is 107 Å². The van der Waals surface area contributed by atoms with Crippen LogP contribution in [-0.4, -0.2) is 52.2 Å². The molecule has 0 unspecified atom stereocenters. The second kappa shape index (κ2) is 6.96. The maximum absolute atomic E-state index is 11.9. The lowest BCUT2D eigenvalue weighted by Crippen LogP contribution is -2.48. The summed E-state index contributed by atoms with van der Waals surface area (Å²) in [7, 11) is 0. The lowest BCUT2D eigenvalue weighted by Gasteiger charge is -2.23. The van der Waals surface area contributed by atoms with Crippen molar-refractivity contribution >= 4 is 18.0 Å². The van der Waals surface area contributed by atoms with Gasteiger partial charge in [0.25, 0.3) is 0 Å². The van der Waals surface area contributed by atoms with Crippen LogP contribution in [0.15, 0.2) is 0 Å². The number of hydrogen-bond acceptors (Lipinski definition) is 3. The third-order valence-corrected chi connectivity index (χ3v) is 3.09. The standard InChI is InChI=1S/C12H20N2O5/c1-2-14(7-8-3-4-8)12(19)13-9(11(17)18)5-6-10(15)16/h8-9H,2-7H2,1H3,(H,13,19)(H,15,16)(H,17,18)/t9-/m0/s1. The van der Waals surface area contributed by atoms with Crippen molar-refractivity contribution in [1.29, 1.82) is 0 Å². The Kier molecular flexibility index (Phi) is 5.59. The predicted molar refractivity (Wildman–Crippen MR) is 66.8 cm³/mol. The summed E-state index contributed by atoms with van der Waals surface area (Å²) >= 11 is 0. The number of hydrogen-bond donors (Lipinski definition) is 3. The van der Waals surface area contributed by atoms with Crippen LogP contribution in [0.4, 0.5) is 4.79 Å². The highest BCUT2D eigenvalue weighted by molar-refractivity contribution is 5.83. The van der Waals surface area contributed by atoms with Gasteiger partial charge >= 0.3 is 18.0 Å². The SMILES string of the molecule is CCN(CC1CC1)C(=O)N[C@@H](CCC(=O)O)C(=O)O. The predicted octanol–water partition coefficient (Wildman–Crippen LogP) is 0.746. The van der Waals surface area contributed by atoms with Crippen LogP contribution in [0, 0.1) is 5.92 Å². The molecule has 7 nitrogen and oxygen atoms in total. The molecule has 0 spiro atoms. The molecule has 0 aliphatic heterocycles. The van der Waals surface area contributed by atoms with Crippen molar-refractivity contribution in [1.82, 2.24) is 10.2 Å². The van der Waals surface area contributed by atoms with Gasteiger partial charge < -0.3 is 20.4 Å². The molecule has 108 valence electrons. The summed E-state index contributed by atoms with van der Waals surface area (Å²) in [6.45, 7) is 2.97. The first-order valence-electron chi connectivity index (χ1n) is 6.44. The molecule has 1 aliphatic rings. The molecule has 0 bridgehead atoms. The molecule has 1 fully saturated rings. The molecule has 1 saturated carbocycles. The van der Waals surface area contributed by atoms with E-state index in [0.29, 0.717) is 19.0 Å². The molecule has 0 aromatic rings. The van der Waals surface area contributed by atoms with Gasteiger partial charge in [-0.3, -0.25) is 4.79 Å². The van der Waals surface area contributed by atoms with Crippen LogP contribution in [0.2, 0.25) is 0 Å². The molecule has 7 heteroatoms. The third kappa shape index (κ3) is 5.58. The molecule has 0 heterocycles. The Labute approximate surface area is 111 Å². The van der Waals surface area contributed by atoms with Gasteiger partial charge in [0.05, 0.1) is 0 Å². The largest absolute Gasteiger partial charge is 0.481 e. The van der Waals surface area contributed by atoms with E-state index in [4.69, 9.17) is 10.2 Å². The highest BCUT2D eigenvalue weighted by atomic mass is 16.4. The lowest BCUT2D eigenvalue weighted by molar-refractivity contribution is -0.140. The first kappa shape index (κ1) is 15.3. The maximum atomic E-state index is 11.9. The zero-order chi connectivity index (χ0) is 14.4. The molecule has 1 atom stereocenters. The van der Waals surface area contributed by atoms with Crippen molar-refractivity contribution in [3.63, 3.8) is 0 Å². The second-order valence-electron chi connectivity index (χ2n) is 4.75. The van der Waals surface area contributed by atoms with Gasteiger partial charge in [0.15, 0.2) is 0 Å². The molecule has 3 N–H and O–H groups in total. The Morgan fingerprint density at radius 1 is 1.32 bits per heavy atom. The monoisotopic (exact) mass is 272 g/mol. The summed E-state index contributed by atoms with van der Waals surface area (Å²) in [6, 6.07) is -1.59. The number of carbonyl (C=O) groups excluding carboxylic acids is 1. The number of nitrogens with zero attached hydrogens (tertiary/aromatic N) is 1. The number of urea groups is 1. The zero-order valence-electron chi connectivity index (χ0n) is 11.0. The summed E-state index contributed by atoms with van der Waals surface area (Å²) in [5.41, 5.74) is 0. The van der Waals surface area contributed by atoms with Gasteiger partial charge in [0, 0.05) is 19.5 Å². The van der Waals surface area contributed by atoms with Crippen molar-refractivity contribution in [2.75, 3.05) is 13.1 Å². The van der Waals surface area contributed by atoms with Crippen LogP contribution in [0.25, 0.3) is 0 Å². The molecule has 0 saturated heterocycles. The molecule has 0 radical (unpaired) electrons. The van der Waals surface area contributed by atoms with Crippen LogP contribution < -0.4 is 5.32 Å². The first-order chi connectivity index (χ1) is 8.93. The molecule has 0 aromatic carbocycles. The van der Waals surface area contributed by atoms with Crippen LogP contribution in [0.5, 0.6) is 0 Å². The van der Waals surface area contributed by atoms with E-state index in [9.17, 15) is 14.4 Å². The number of nitrogens with one attached hydrogen (secondary N) is 1. The summed E-state index contributed by atoms with van der Waals surface area (Å²) < 4.78 is 0. The van der Waals surface area contributed by atoms with Crippen LogP contribution >= 0.6 is 0 Å². The fourth-order valence-corrected chi connectivity index (χ4v) is 1.73. The second-order valence-corrected chi connectivity index (χ2v) is 4.75. The Bertz CT molecular complexity index is 354. The molecular formula is C12H20N2O5. The molecule has 0 aromatic heterocycles. The van der Waals surface area contributed by atoms with E-state index in [1.807, 2.05) is 6.92 Å². The summed E-state index contributed by atoms with van der Waals surface area (Å²) in [6.07, 6.45) is 1.81. The van der Waals surface area contributed by atoms with Gasteiger partial charge in [0.2, 0.25) is 0 Å². The van der Waals surface area contributed by atoms with E-state index in [1.165, 1.54) is 0 Å². The minimum absolute atomic E-state index is 0.114. The fourth-order valence-electron chi connectivity index (χ4n) is 1.73. The first-order valence-corrected chi connectivity index (χ1v) is 6.44. The van der Waals surface area contributed by atoms with Gasteiger partial charge in [-0.2, -0.15) is 0 Å². The number of carboxylic acid groups (broad SMARTS) is 2. The van der Waals surface area contributed by atoms with E-state index in [0.717, 1.165) is 12.8 Å². The number of carbonyl (C=O) groups is 3. The van der Waals surface area contributed by atoms with Gasteiger partial charge in [-0.25, -0.2) is 9.59 Å². The average molecular weight is 272 g/mol. The number of rotatable bonds is 8. The van der Waals surface area contributed by atoms with Gasteiger partial charge in [-0.15, -0.1) is 0 Å². The van der Waals surface area contributed by atoms with Crippen molar-refractivity contribution in [2.45, 2.75) is 38.6 Å². The van der Waals surface area contributed by atoms with E-state index < -0.39 is 24.0 Å². The normalized spacial score (nSPS) is 15.6. The van der Waals surface area contributed by atoms with Crippen molar-refractivity contribution < 1.29 is 24.6 Å². The number of amides is 2. The highest BCUT2D eigenvalue weighted by Crippen LogP contribution is 2.29. The third-order valence-electron chi connectivity index (χ3n) is 3.09.